The molecule has 0 saturated carbocycles. The number of nitrogens with one attached hydrogen (secondary N) is 1. The molecule has 0 aliphatic heterocycles. The number of nitro groups is 1. The number of nitrogen functional groups attached to an aromatic ring is 1. The standard InChI is InChI=1S/C11H17N3O3S/c1-7(15)8(2)18-6-9-4-3-5-10(14(16)17)11(9)13-12/h3-5,7-8,13,15H,6,12H2,1-2H3. The molecule has 18 heavy (non-hydrogen) atoms. The van der Waals surface area contributed by atoms with Crippen molar-refractivity contribution in [1.82, 2.24) is 0 Å². The second-order valence-electron chi connectivity index (χ2n) is 3.97. The van der Waals surface area contributed by atoms with Gasteiger partial charge < -0.3 is 10.5 Å². The highest BCUT2D eigenvalue weighted by atomic mass is 32.2. The lowest BCUT2D eigenvalue weighted by Gasteiger charge is -2.15. The summed E-state index contributed by atoms with van der Waals surface area (Å²) >= 11 is 1.52. The number of benzene rings is 1. The van der Waals surface area contributed by atoms with Crippen LogP contribution in [0.25, 0.3) is 0 Å². The van der Waals surface area contributed by atoms with Crippen molar-refractivity contribution in [2.45, 2.75) is 31.0 Å². The first kappa shape index (κ1) is 14.7. The lowest BCUT2D eigenvalue weighted by molar-refractivity contribution is -0.384. The summed E-state index contributed by atoms with van der Waals surface area (Å²) < 4.78 is 0. The first-order valence-corrected chi connectivity index (χ1v) is 6.54. The maximum absolute atomic E-state index is 10.8. The van der Waals surface area contributed by atoms with Crippen LogP contribution in [0.1, 0.15) is 19.4 Å². The molecule has 0 aliphatic carbocycles. The fourth-order valence-electron chi connectivity index (χ4n) is 1.39. The van der Waals surface area contributed by atoms with E-state index in [2.05, 4.69) is 5.43 Å². The van der Waals surface area contributed by atoms with Crippen LogP contribution in [-0.4, -0.2) is 21.4 Å². The molecule has 4 N–H and O–H groups in total. The number of nitro benzene ring substituents is 1. The van der Waals surface area contributed by atoms with Crippen LogP contribution in [0.15, 0.2) is 18.2 Å². The molecule has 0 bridgehead atoms. The molecule has 0 aliphatic rings. The Morgan fingerprint density at radius 3 is 2.72 bits per heavy atom. The van der Waals surface area contributed by atoms with Crippen LogP contribution in [0.5, 0.6) is 0 Å². The first-order chi connectivity index (χ1) is 8.47. The zero-order valence-electron chi connectivity index (χ0n) is 10.3. The minimum atomic E-state index is -0.471. The normalized spacial score (nSPS) is 14.0. The number of nitrogens with two attached hydrogens (primary N) is 1. The SMILES string of the molecule is CC(O)C(C)SCc1cccc([N+](=O)[O-])c1NN. The van der Waals surface area contributed by atoms with Crippen LogP contribution in [0, 0.1) is 10.1 Å². The highest BCUT2D eigenvalue weighted by Crippen LogP contribution is 2.31. The fraction of sp³-hybridized carbons (Fsp3) is 0.455. The van der Waals surface area contributed by atoms with Crippen molar-refractivity contribution in [2.24, 2.45) is 5.84 Å². The van der Waals surface area contributed by atoms with Crippen molar-refractivity contribution >= 4 is 23.1 Å². The Bertz CT molecular complexity index is 426. The second-order valence-corrected chi connectivity index (χ2v) is 5.34. The molecule has 100 valence electrons. The maximum Gasteiger partial charge on any atom is 0.293 e. The van der Waals surface area contributed by atoms with E-state index in [1.54, 1.807) is 19.1 Å². The van der Waals surface area contributed by atoms with E-state index in [0.29, 0.717) is 11.4 Å². The number of anilines is 1. The van der Waals surface area contributed by atoms with Gasteiger partial charge in [0.05, 0.1) is 11.0 Å². The smallest absolute Gasteiger partial charge is 0.293 e. The molecule has 1 aromatic rings. The molecule has 1 rings (SSSR count). The monoisotopic (exact) mass is 271 g/mol. The van der Waals surface area contributed by atoms with Gasteiger partial charge in [-0.3, -0.25) is 16.0 Å². The van der Waals surface area contributed by atoms with Gasteiger partial charge in [-0.25, -0.2) is 0 Å². The van der Waals surface area contributed by atoms with E-state index in [9.17, 15) is 15.2 Å². The van der Waals surface area contributed by atoms with Crippen LogP contribution in [0.4, 0.5) is 11.4 Å². The second kappa shape index (κ2) is 6.58. The highest BCUT2D eigenvalue weighted by molar-refractivity contribution is 7.99. The van der Waals surface area contributed by atoms with Gasteiger partial charge in [0.15, 0.2) is 0 Å². The Morgan fingerprint density at radius 1 is 1.56 bits per heavy atom. The zero-order valence-corrected chi connectivity index (χ0v) is 11.1. The zero-order chi connectivity index (χ0) is 13.7. The summed E-state index contributed by atoms with van der Waals surface area (Å²) in [4.78, 5) is 10.4. The van der Waals surface area contributed by atoms with Gasteiger partial charge in [0, 0.05) is 17.1 Å². The van der Waals surface area contributed by atoms with Crippen LogP contribution < -0.4 is 11.3 Å². The molecule has 0 saturated heterocycles. The topological polar surface area (TPSA) is 101 Å². The largest absolute Gasteiger partial charge is 0.392 e. The van der Waals surface area contributed by atoms with Gasteiger partial charge in [-0.1, -0.05) is 19.1 Å². The molecule has 7 heteroatoms. The lowest BCUT2D eigenvalue weighted by Crippen LogP contribution is -2.16. The van der Waals surface area contributed by atoms with E-state index in [1.807, 2.05) is 6.92 Å². The van der Waals surface area contributed by atoms with Crippen molar-refractivity contribution in [1.29, 1.82) is 0 Å². The van der Waals surface area contributed by atoms with Crippen LogP contribution in [0.3, 0.4) is 0 Å². The number of hydrogen-bond acceptors (Lipinski definition) is 6. The molecule has 0 amide bonds. The van der Waals surface area contributed by atoms with E-state index in [1.165, 1.54) is 17.8 Å². The van der Waals surface area contributed by atoms with Crippen LogP contribution in [-0.2, 0) is 5.75 Å². The minimum Gasteiger partial charge on any atom is -0.392 e. The van der Waals surface area contributed by atoms with E-state index < -0.39 is 11.0 Å². The minimum absolute atomic E-state index is 0.0414. The number of hydrazine groups is 1. The van der Waals surface area contributed by atoms with E-state index in [-0.39, 0.29) is 10.9 Å². The maximum atomic E-state index is 10.8. The Morgan fingerprint density at radius 2 is 2.22 bits per heavy atom. The molecular formula is C11H17N3O3S. The molecule has 0 radical (unpaired) electrons. The summed E-state index contributed by atoms with van der Waals surface area (Å²) in [6.45, 7) is 3.62. The Labute approximate surface area is 110 Å². The van der Waals surface area contributed by atoms with Gasteiger partial charge in [-0.05, 0) is 12.5 Å². The van der Waals surface area contributed by atoms with Crippen molar-refractivity contribution < 1.29 is 10.0 Å². The van der Waals surface area contributed by atoms with Crippen molar-refractivity contribution in [3.8, 4) is 0 Å². The van der Waals surface area contributed by atoms with E-state index in [4.69, 9.17) is 5.84 Å². The molecule has 2 unspecified atom stereocenters. The predicted octanol–water partition coefficient (Wildman–Crippen LogP) is 1.88. The first-order valence-electron chi connectivity index (χ1n) is 5.50. The van der Waals surface area contributed by atoms with E-state index >= 15 is 0 Å². The van der Waals surface area contributed by atoms with Crippen molar-refractivity contribution in [3.05, 3.63) is 33.9 Å². The molecule has 0 heterocycles. The Hall–Kier alpha value is -1.31. The van der Waals surface area contributed by atoms with Gasteiger partial charge in [0.1, 0.15) is 5.69 Å². The van der Waals surface area contributed by atoms with Crippen LogP contribution in [0.2, 0.25) is 0 Å². The number of para-hydroxylation sites is 1. The average Bonchev–Trinajstić information content (AvgIpc) is 2.34. The predicted molar refractivity (Wildman–Crippen MR) is 73.3 cm³/mol. The number of aliphatic hydroxyl groups is 1. The number of nitrogens with zero attached hydrogens (tertiary/aromatic N) is 1. The summed E-state index contributed by atoms with van der Waals surface area (Å²) in [7, 11) is 0. The number of thioether (sulfide) groups is 1. The average molecular weight is 271 g/mol. The lowest BCUT2D eigenvalue weighted by atomic mass is 10.2. The number of aliphatic hydroxyl groups excluding tert-OH is 1. The summed E-state index contributed by atoms with van der Waals surface area (Å²) in [5.74, 6) is 5.89. The molecule has 1 aromatic carbocycles. The number of hydrogen-bond donors (Lipinski definition) is 3. The fourth-order valence-corrected chi connectivity index (χ4v) is 2.35. The third-order valence-corrected chi connectivity index (χ3v) is 4.05. The highest BCUT2D eigenvalue weighted by Gasteiger charge is 2.17. The quantitative estimate of drug-likeness (QED) is 0.415. The van der Waals surface area contributed by atoms with Gasteiger partial charge >= 0.3 is 0 Å². The van der Waals surface area contributed by atoms with Gasteiger partial charge in [0.25, 0.3) is 5.69 Å². The molecule has 0 fully saturated rings. The Kier molecular flexibility index (Phi) is 5.39. The molecular weight excluding hydrogens is 254 g/mol. The third kappa shape index (κ3) is 3.59. The molecule has 0 spiro atoms. The third-order valence-electron chi connectivity index (χ3n) is 2.65. The molecule has 6 nitrogen and oxygen atoms in total. The van der Waals surface area contributed by atoms with Gasteiger partial charge in [-0.15, -0.1) is 0 Å². The Balaban J connectivity index is 2.89. The van der Waals surface area contributed by atoms with Crippen LogP contribution >= 0.6 is 11.8 Å². The van der Waals surface area contributed by atoms with E-state index in [0.717, 1.165) is 5.56 Å². The summed E-state index contributed by atoms with van der Waals surface area (Å²) in [5, 5.41) is 20.3. The molecule has 0 aromatic heterocycles. The number of rotatable bonds is 6. The molecule has 2 atom stereocenters. The van der Waals surface area contributed by atoms with Crippen molar-refractivity contribution in [2.75, 3.05) is 5.43 Å². The van der Waals surface area contributed by atoms with Gasteiger partial charge in [-0.2, -0.15) is 11.8 Å². The van der Waals surface area contributed by atoms with Gasteiger partial charge in [0.2, 0.25) is 0 Å². The summed E-state index contributed by atoms with van der Waals surface area (Å²) in [6.07, 6.45) is -0.428. The van der Waals surface area contributed by atoms with Crippen molar-refractivity contribution in [3.63, 3.8) is 0 Å². The summed E-state index contributed by atoms with van der Waals surface area (Å²) in [6, 6.07) is 4.81. The summed E-state index contributed by atoms with van der Waals surface area (Å²) in [5.41, 5.74) is 3.42.